The lowest BCUT2D eigenvalue weighted by molar-refractivity contribution is 0.306. The zero-order valence-electron chi connectivity index (χ0n) is 9.48. The van der Waals surface area contributed by atoms with E-state index in [1.165, 1.54) is 0 Å². The molecule has 0 spiro atoms. The molecular formula is C13H12O4S. The first kappa shape index (κ1) is 12.6. The third-order valence-electron chi connectivity index (χ3n) is 2.24. The molecule has 1 unspecified atom stereocenters. The van der Waals surface area contributed by atoms with Crippen LogP contribution in [-0.4, -0.2) is 8.76 Å². The van der Waals surface area contributed by atoms with E-state index in [4.69, 9.17) is 9.29 Å². The van der Waals surface area contributed by atoms with Gasteiger partial charge in [-0.2, -0.15) is 4.21 Å². The summed E-state index contributed by atoms with van der Waals surface area (Å²) in [5.41, 5.74) is 1.08. The highest BCUT2D eigenvalue weighted by atomic mass is 32.2. The van der Waals surface area contributed by atoms with E-state index in [-0.39, 0.29) is 0 Å². The SMILES string of the molecule is O=S(O)Oc1ccc(OCc2ccccc2)cc1. The second-order valence-corrected chi connectivity index (χ2v) is 4.15. The van der Waals surface area contributed by atoms with Crippen LogP contribution in [-0.2, 0) is 18.0 Å². The van der Waals surface area contributed by atoms with Crippen LogP contribution < -0.4 is 8.92 Å². The summed E-state index contributed by atoms with van der Waals surface area (Å²) in [5, 5.41) is 0. The average Bonchev–Trinajstić information content (AvgIpc) is 2.38. The van der Waals surface area contributed by atoms with Crippen molar-refractivity contribution in [2.24, 2.45) is 0 Å². The van der Waals surface area contributed by atoms with Gasteiger partial charge in [-0.15, -0.1) is 0 Å². The van der Waals surface area contributed by atoms with Crippen molar-refractivity contribution in [2.75, 3.05) is 0 Å². The van der Waals surface area contributed by atoms with Crippen molar-refractivity contribution >= 4 is 11.4 Å². The minimum Gasteiger partial charge on any atom is -0.489 e. The van der Waals surface area contributed by atoms with E-state index >= 15 is 0 Å². The molecular weight excluding hydrogens is 252 g/mol. The van der Waals surface area contributed by atoms with E-state index in [0.29, 0.717) is 18.1 Å². The van der Waals surface area contributed by atoms with E-state index in [1.807, 2.05) is 30.3 Å². The van der Waals surface area contributed by atoms with E-state index in [1.54, 1.807) is 24.3 Å². The molecule has 94 valence electrons. The summed E-state index contributed by atoms with van der Waals surface area (Å²) >= 11 is -2.30. The highest BCUT2D eigenvalue weighted by molar-refractivity contribution is 7.74. The highest BCUT2D eigenvalue weighted by Gasteiger charge is 2.00. The van der Waals surface area contributed by atoms with Gasteiger partial charge in [0.25, 0.3) is 0 Å². The summed E-state index contributed by atoms with van der Waals surface area (Å²) in [6.45, 7) is 0.479. The van der Waals surface area contributed by atoms with Gasteiger partial charge in [0.15, 0.2) is 0 Å². The topological polar surface area (TPSA) is 55.8 Å². The van der Waals surface area contributed by atoms with E-state index < -0.39 is 11.4 Å². The maximum atomic E-state index is 10.4. The largest absolute Gasteiger partial charge is 0.489 e. The van der Waals surface area contributed by atoms with Crippen LogP contribution in [0.25, 0.3) is 0 Å². The monoisotopic (exact) mass is 264 g/mol. The number of rotatable bonds is 5. The Balaban J connectivity index is 1.92. The molecule has 0 bridgehead atoms. The van der Waals surface area contributed by atoms with Crippen LogP contribution in [0.4, 0.5) is 0 Å². The molecule has 18 heavy (non-hydrogen) atoms. The van der Waals surface area contributed by atoms with Gasteiger partial charge in [0.1, 0.15) is 18.1 Å². The molecule has 2 aromatic rings. The number of hydrogen-bond donors (Lipinski definition) is 1. The summed E-state index contributed by atoms with van der Waals surface area (Å²) in [5.74, 6) is 0.998. The molecule has 0 aromatic heterocycles. The Hall–Kier alpha value is -1.85. The fraction of sp³-hybridized carbons (Fsp3) is 0.0769. The molecule has 0 aliphatic carbocycles. The highest BCUT2D eigenvalue weighted by Crippen LogP contribution is 2.19. The molecule has 0 fully saturated rings. The summed E-state index contributed by atoms with van der Waals surface area (Å²) in [4.78, 5) is 0. The summed E-state index contributed by atoms with van der Waals surface area (Å²) < 4.78 is 29.1. The van der Waals surface area contributed by atoms with Crippen LogP contribution in [0.2, 0.25) is 0 Å². The quantitative estimate of drug-likeness (QED) is 0.844. The molecule has 2 aromatic carbocycles. The molecule has 5 heteroatoms. The Morgan fingerprint density at radius 2 is 1.56 bits per heavy atom. The lowest BCUT2D eigenvalue weighted by Crippen LogP contribution is -1.98. The summed E-state index contributed by atoms with van der Waals surface area (Å²) in [7, 11) is 0. The van der Waals surface area contributed by atoms with Crippen LogP contribution in [0, 0.1) is 0 Å². The average molecular weight is 264 g/mol. The Morgan fingerprint density at radius 3 is 2.17 bits per heavy atom. The first-order chi connectivity index (χ1) is 8.74. The van der Waals surface area contributed by atoms with Crippen molar-refractivity contribution in [2.45, 2.75) is 6.61 Å². The predicted octanol–water partition coefficient (Wildman–Crippen LogP) is 2.78. The fourth-order valence-corrected chi connectivity index (χ4v) is 1.69. The molecule has 0 saturated heterocycles. The van der Waals surface area contributed by atoms with Crippen LogP contribution in [0.5, 0.6) is 11.5 Å². The summed E-state index contributed by atoms with van der Waals surface area (Å²) in [6.07, 6.45) is 0. The van der Waals surface area contributed by atoms with Crippen molar-refractivity contribution in [3.8, 4) is 11.5 Å². The fourth-order valence-electron chi connectivity index (χ4n) is 1.41. The molecule has 0 aliphatic heterocycles. The Morgan fingerprint density at radius 1 is 0.944 bits per heavy atom. The minimum atomic E-state index is -2.30. The van der Waals surface area contributed by atoms with Gasteiger partial charge in [0.2, 0.25) is 0 Å². The third-order valence-corrected chi connectivity index (χ3v) is 2.57. The lowest BCUT2D eigenvalue weighted by atomic mass is 10.2. The molecule has 0 saturated carbocycles. The molecule has 0 heterocycles. The summed E-state index contributed by atoms with van der Waals surface area (Å²) in [6, 6.07) is 16.3. The van der Waals surface area contributed by atoms with Gasteiger partial charge in [-0.05, 0) is 29.8 Å². The van der Waals surface area contributed by atoms with Gasteiger partial charge in [-0.1, -0.05) is 30.3 Å². The van der Waals surface area contributed by atoms with Crippen molar-refractivity contribution in [3.05, 3.63) is 60.2 Å². The van der Waals surface area contributed by atoms with Crippen LogP contribution >= 0.6 is 0 Å². The molecule has 1 N–H and O–H groups in total. The molecule has 0 aliphatic rings. The van der Waals surface area contributed by atoms with Crippen molar-refractivity contribution in [1.82, 2.24) is 0 Å². The Labute approximate surface area is 108 Å². The van der Waals surface area contributed by atoms with E-state index in [0.717, 1.165) is 5.56 Å². The molecule has 2 rings (SSSR count). The Kier molecular flexibility index (Phi) is 4.33. The molecule has 0 radical (unpaired) electrons. The van der Waals surface area contributed by atoms with E-state index in [9.17, 15) is 4.21 Å². The first-order valence-corrected chi connectivity index (χ1v) is 6.33. The van der Waals surface area contributed by atoms with E-state index in [2.05, 4.69) is 4.18 Å². The van der Waals surface area contributed by atoms with Gasteiger partial charge in [0, 0.05) is 0 Å². The smallest absolute Gasteiger partial charge is 0.357 e. The first-order valence-electron chi connectivity index (χ1n) is 5.30. The molecule has 1 atom stereocenters. The lowest BCUT2D eigenvalue weighted by Gasteiger charge is -2.06. The van der Waals surface area contributed by atoms with Crippen LogP contribution in [0.1, 0.15) is 5.56 Å². The van der Waals surface area contributed by atoms with Gasteiger partial charge in [-0.25, -0.2) is 0 Å². The maximum Gasteiger partial charge on any atom is 0.357 e. The van der Waals surface area contributed by atoms with Crippen molar-refractivity contribution in [1.29, 1.82) is 0 Å². The van der Waals surface area contributed by atoms with Gasteiger partial charge in [0.05, 0.1) is 0 Å². The zero-order valence-corrected chi connectivity index (χ0v) is 10.3. The molecule has 4 nitrogen and oxygen atoms in total. The standard InChI is InChI=1S/C13H12O4S/c14-18(15)17-13-8-6-12(7-9-13)16-10-11-4-2-1-3-5-11/h1-9H,10H2,(H,14,15). The maximum absolute atomic E-state index is 10.4. The van der Waals surface area contributed by atoms with Crippen molar-refractivity contribution < 1.29 is 17.7 Å². The molecule has 0 amide bonds. The predicted molar refractivity (Wildman–Crippen MR) is 68.6 cm³/mol. The number of benzene rings is 2. The van der Waals surface area contributed by atoms with Gasteiger partial charge in [-0.3, -0.25) is 4.55 Å². The second kappa shape index (κ2) is 6.18. The van der Waals surface area contributed by atoms with Crippen LogP contribution in [0.15, 0.2) is 54.6 Å². The Bertz CT molecular complexity index is 510. The van der Waals surface area contributed by atoms with Gasteiger partial charge >= 0.3 is 11.4 Å². The second-order valence-electron chi connectivity index (χ2n) is 3.55. The minimum absolute atomic E-state index is 0.322. The van der Waals surface area contributed by atoms with Crippen LogP contribution in [0.3, 0.4) is 0 Å². The normalized spacial score (nSPS) is 11.8. The van der Waals surface area contributed by atoms with Crippen molar-refractivity contribution in [3.63, 3.8) is 0 Å². The third kappa shape index (κ3) is 3.87. The number of hydrogen-bond acceptors (Lipinski definition) is 3. The zero-order chi connectivity index (χ0) is 12.8. The van der Waals surface area contributed by atoms with Gasteiger partial charge < -0.3 is 8.92 Å². The number of ether oxygens (including phenoxy) is 1.